The lowest BCUT2D eigenvalue weighted by atomic mass is 10.0. The number of nitrogens with two attached hydrogens (primary N) is 1. The molecule has 0 radical (unpaired) electrons. The molecule has 3 N–H and O–H groups in total. The molecular formula is C69H120NO8P. The van der Waals surface area contributed by atoms with Crippen LogP contribution in [0.5, 0.6) is 0 Å². The van der Waals surface area contributed by atoms with E-state index in [9.17, 15) is 19.0 Å². The second-order valence-electron chi connectivity index (χ2n) is 21.2. The van der Waals surface area contributed by atoms with Crippen molar-refractivity contribution in [1.29, 1.82) is 0 Å². The molecule has 0 aliphatic rings. The number of rotatable bonds is 60. The van der Waals surface area contributed by atoms with E-state index < -0.39 is 32.5 Å². The molecule has 0 saturated heterocycles. The van der Waals surface area contributed by atoms with Gasteiger partial charge in [0.2, 0.25) is 0 Å². The van der Waals surface area contributed by atoms with Crippen LogP contribution in [0.2, 0.25) is 0 Å². The van der Waals surface area contributed by atoms with Gasteiger partial charge in [0.25, 0.3) is 0 Å². The first-order valence-corrected chi connectivity index (χ1v) is 33.9. The van der Waals surface area contributed by atoms with Crippen molar-refractivity contribution >= 4 is 19.8 Å². The van der Waals surface area contributed by atoms with Gasteiger partial charge in [-0.15, -0.1) is 0 Å². The zero-order valence-corrected chi connectivity index (χ0v) is 51.7. The topological polar surface area (TPSA) is 134 Å². The predicted octanol–water partition coefficient (Wildman–Crippen LogP) is 21.0. The van der Waals surface area contributed by atoms with E-state index in [1.807, 2.05) is 0 Å². The van der Waals surface area contributed by atoms with Crippen LogP contribution >= 0.6 is 7.82 Å². The van der Waals surface area contributed by atoms with E-state index >= 15 is 0 Å². The molecule has 0 fully saturated rings. The van der Waals surface area contributed by atoms with Gasteiger partial charge in [-0.3, -0.25) is 18.6 Å². The number of esters is 2. The summed E-state index contributed by atoms with van der Waals surface area (Å²) in [5.41, 5.74) is 5.39. The van der Waals surface area contributed by atoms with Crippen LogP contribution in [0.4, 0.5) is 0 Å². The Kier molecular flexibility index (Phi) is 61.2. The second-order valence-corrected chi connectivity index (χ2v) is 22.7. The molecule has 0 aromatic rings. The molecule has 0 aliphatic heterocycles. The van der Waals surface area contributed by atoms with Gasteiger partial charge in [0.15, 0.2) is 6.10 Å². The standard InChI is InChI=1S/C69H120NO8P/c1-3-5-7-9-11-13-15-17-19-21-23-25-27-29-31-32-33-34-36-37-39-41-43-45-47-49-51-53-55-57-59-61-68(71)75-65-67(66-77-79(73,74)76-64-63-70)78-69(72)62-60-58-56-54-52-50-48-46-44-42-40-38-35-30-28-26-24-22-20-18-16-14-12-10-8-6-4-2/h6,8,12,14,18,20-21,23-24,26,30,35,40,42,46,48,52,54,67H,3-5,7,9-11,13,15-17,19,22,25,27-29,31-34,36-39,41,43-45,47,49-51,53,55-66,70H2,1-2H3,(H,73,74)/b8-6-,14-12-,20-18-,23-21-,26-24-,35-30-,42-40-,48-46-,54-52-. The fourth-order valence-electron chi connectivity index (χ4n) is 8.88. The number of hydrogen-bond donors (Lipinski definition) is 2. The van der Waals surface area contributed by atoms with E-state index in [2.05, 4.69) is 123 Å². The maximum Gasteiger partial charge on any atom is 0.472 e. The van der Waals surface area contributed by atoms with Gasteiger partial charge >= 0.3 is 19.8 Å². The Bertz CT molecular complexity index is 1660. The lowest BCUT2D eigenvalue weighted by molar-refractivity contribution is -0.161. The third-order valence-corrected chi connectivity index (χ3v) is 14.6. The lowest BCUT2D eigenvalue weighted by Gasteiger charge is -2.19. The summed E-state index contributed by atoms with van der Waals surface area (Å²) >= 11 is 0. The maximum absolute atomic E-state index is 12.7. The Morgan fingerprint density at radius 2 is 0.696 bits per heavy atom. The molecule has 0 amide bonds. The molecule has 10 heteroatoms. The van der Waals surface area contributed by atoms with Crippen LogP contribution < -0.4 is 5.73 Å². The van der Waals surface area contributed by atoms with Gasteiger partial charge in [0, 0.05) is 19.4 Å². The van der Waals surface area contributed by atoms with E-state index in [1.54, 1.807) is 0 Å². The minimum Gasteiger partial charge on any atom is -0.462 e. The number of unbranched alkanes of at least 4 members (excludes halogenated alkanes) is 29. The van der Waals surface area contributed by atoms with Crippen LogP contribution in [0.15, 0.2) is 109 Å². The molecule has 2 unspecified atom stereocenters. The van der Waals surface area contributed by atoms with Gasteiger partial charge in [-0.2, -0.15) is 0 Å². The van der Waals surface area contributed by atoms with Crippen LogP contribution in [0, 0.1) is 0 Å². The third kappa shape index (κ3) is 63.7. The quantitative estimate of drug-likeness (QED) is 0.0264. The van der Waals surface area contributed by atoms with Crippen LogP contribution in [-0.2, 0) is 32.7 Å². The highest BCUT2D eigenvalue weighted by atomic mass is 31.2. The summed E-state index contributed by atoms with van der Waals surface area (Å²) in [4.78, 5) is 35.3. The molecule has 79 heavy (non-hydrogen) atoms. The van der Waals surface area contributed by atoms with Gasteiger partial charge in [0.1, 0.15) is 6.61 Å². The summed E-state index contributed by atoms with van der Waals surface area (Å²) in [7, 11) is -4.41. The molecule has 0 saturated carbocycles. The Balaban J connectivity index is 3.99. The molecule has 0 rings (SSSR count). The van der Waals surface area contributed by atoms with Crippen LogP contribution in [0.25, 0.3) is 0 Å². The molecular weight excluding hydrogens is 1000 g/mol. The summed E-state index contributed by atoms with van der Waals surface area (Å²) in [6, 6.07) is 0. The number of carbonyl (C=O) groups excluding carboxylic acids is 2. The lowest BCUT2D eigenvalue weighted by Crippen LogP contribution is -2.29. The summed E-state index contributed by atoms with van der Waals surface area (Å²) in [5, 5.41) is 0. The van der Waals surface area contributed by atoms with Crippen molar-refractivity contribution in [2.24, 2.45) is 5.73 Å². The van der Waals surface area contributed by atoms with Gasteiger partial charge in [-0.05, 0) is 103 Å². The van der Waals surface area contributed by atoms with Gasteiger partial charge < -0.3 is 20.1 Å². The molecule has 0 bridgehead atoms. The smallest absolute Gasteiger partial charge is 0.462 e. The maximum atomic E-state index is 12.7. The van der Waals surface area contributed by atoms with Crippen molar-refractivity contribution in [3.05, 3.63) is 109 Å². The Hall–Kier alpha value is -3.33. The van der Waals surface area contributed by atoms with Crippen molar-refractivity contribution in [3.8, 4) is 0 Å². The average Bonchev–Trinajstić information content (AvgIpc) is 3.44. The summed E-state index contributed by atoms with van der Waals surface area (Å²) < 4.78 is 33.1. The number of phosphoric ester groups is 1. The SMILES string of the molecule is CC/C=C\C/C=C\C/C=C\C/C=C\C/C=C\C/C=C\C/C=C\C/C=C\CCCCC(=O)OC(COC(=O)CCCCCCCCCCCCCCCCCCCCC/C=C\CCCCCCCCCC)COP(=O)(O)OCCN. The first kappa shape index (κ1) is 75.7. The van der Waals surface area contributed by atoms with Crippen molar-refractivity contribution < 1.29 is 37.6 Å². The molecule has 2 atom stereocenters. The predicted molar refractivity (Wildman–Crippen MR) is 339 cm³/mol. The molecule has 9 nitrogen and oxygen atoms in total. The summed E-state index contributed by atoms with van der Waals surface area (Å²) in [5.74, 6) is -0.877. The largest absolute Gasteiger partial charge is 0.472 e. The van der Waals surface area contributed by atoms with E-state index in [4.69, 9.17) is 24.3 Å². The van der Waals surface area contributed by atoms with E-state index in [-0.39, 0.29) is 32.6 Å². The highest BCUT2D eigenvalue weighted by Crippen LogP contribution is 2.43. The molecule has 0 aliphatic carbocycles. The van der Waals surface area contributed by atoms with Gasteiger partial charge in [0.05, 0.1) is 13.2 Å². The molecule has 0 heterocycles. The minimum absolute atomic E-state index is 0.0413. The van der Waals surface area contributed by atoms with Crippen molar-refractivity contribution in [2.45, 2.75) is 290 Å². The highest BCUT2D eigenvalue weighted by molar-refractivity contribution is 7.47. The van der Waals surface area contributed by atoms with Crippen molar-refractivity contribution in [2.75, 3.05) is 26.4 Å². The Labute approximate surface area is 486 Å². The van der Waals surface area contributed by atoms with Crippen LogP contribution in [-0.4, -0.2) is 49.3 Å². The van der Waals surface area contributed by atoms with Crippen LogP contribution in [0.1, 0.15) is 284 Å². The molecule has 0 aromatic heterocycles. The first-order valence-electron chi connectivity index (χ1n) is 32.4. The van der Waals surface area contributed by atoms with Gasteiger partial charge in [-0.25, -0.2) is 4.57 Å². The van der Waals surface area contributed by atoms with Crippen molar-refractivity contribution in [3.63, 3.8) is 0 Å². The second kappa shape index (κ2) is 63.8. The fraction of sp³-hybridized carbons (Fsp3) is 0.710. The third-order valence-electron chi connectivity index (χ3n) is 13.6. The number of allylic oxidation sites excluding steroid dienone is 18. The summed E-state index contributed by atoms with van der Waals surface area (Å²) in [6.45, 7) is 3.60. The van der Waals surface area contributed by atoms with Gasteiger partial charge in [-0.1, -0.05) is 277 Å². The first-order chi connectivity index (χ1) is 38.8. The monoisotopic (exact) mass is 1120 g/mol. The van der Waals surface area contributed by atoms with Crippen LogP contribution in [0.3, 0.4) is 0 Å². The number of carbonyl (C=O) groups is 2. The van der Waals surface area contributed by atoms with E-state index in [0.29, 0.717) is 6.42 Å². The highest BCUT2D eigenvalue weighted by Gasteiger charge is 2.26. The number of ether oxygens (including phenoxy) is 2. The zero-order valence-electron chi connectivity index (χ0n) is 50.8. The Morgan fingerprint density at radius 1 is 0.392 bits per heavy atom. The molecule has 0 spiro atoms. The summed E-state index contributed by atoms with van der Waals surface area (Å²) in [6.07, 6.45) is 87.5. The Morgan fingerprint density at radius 3 is 1.08 bits per heavy atom. The van der Waals surface area contributed by atoms with E-state index in [1.165, 1.54) is 167 Å². The number of hydrogen-bond acceptors (Lipinski definition) is 8. The minimum atomic E-state index is -4.41. The zero-order chi connectivity index (χ0) is 57.3. The van der Waals surface area contributed by atoms with E-state index in [0.717, 1.165) is 83.5 Å². The average molecular weight is 1120 g/mol. The molecule has 454 valence electrons. The molecule has 0 aromatic carbocycles. The van der Waals surface area contributed by atoms with Crippen molar-refractivity contribution in [1.82, 2.24) is 0 Å². The number of phosphoric acid groups is 1. The fourth-order valence-corrected chi connectivity index (χ4v) is 9.65. The normalized spacial score (nSPS) is 13.7.